The zero-order valence-corrected chi connectivity index (χ0v) is 10.1. The Balaban J connectivity index is 1.95. The van der Waals surface area contributed by atoms with Crippen molar-refractivity contribution in [2.75, 3.05) is 5.75 Å². The van der Waals surface area contributed by atoms with Gasteiger partial charge in [0, 0.05) is 23.5 Å². The predicted molar refractivity (Wildman–Crippen MR) is 66.1 cm³/mol. The van der Waals surface area contributed by atoms with Crippen molar-refractivity contribution in [1.82, 2.24) is 10.3 Å². The Morgan fingerprint density at radius 2 is 2.40 bits per heavy atom. The Labute approximate surface area is 95.9 Å². The molecule has 2 nitrogen and oxygen atoms in total. The number of hydrogen-bond donors (Lipinski definition) is 1. The molecule has 1 aromatic rings. The van der Waals surface area contributed by atoms with E-state index in [2.05, 4.69) is 42.0 Å². The minimum Gasteiger partial charge on any atom is -0.305 e. The average molecular weight is 222 g/mol. The normalized spacial score (nSPS) is 27.9. The van der Waals surface area contributed by atoms with Crippen LogP contribution in [0.15, 0.2) is 24.4 Å². The van der Waals surface area contributed by atoms with E-state index in [1.54, 1.807) is 0 Å². The number of hydrogen-bond acceptors (Lipinski definition) is 3. The first-order chi connectivity index (χ1) is 7.27. The number of rotatable bonds is 3. The summed E-state index contributed by atoms with van der Waals surface area (Å²) in [5.41, 5.74) is 1.14. The Kier molecular flexibility index (Phi) is 3.65. The Hall–Kier alpha value is -0.540. The number of thioether (sulfide) groups is 1. The molecule has 1 aliphatic rings. The third-order valence-electron chi connectivity index (χ3n) is 2.97. The van der Waals surface area contributed by atoms with Gasteiger partial charge in [0.25, 0.3) is 0 Å². The molecule has 0 radical (unpaired) electrons. The smallest absolute Gasteiger partial charge is 0.0570 e. The Morgan fingerprint density at radius 3 is 3.00 bits per heavy atom. The second-order valence-corrected chi connectivity index (χ2v) is 5.60. The molecule has 3 atom stereocenters. The molecule has 1 aliphatic heterocycles. The molecule has 0 aliphatic carbocycles. The maximum atomic E-state index is 4.38. The van der Waals surface area contributed by atoms with Crippen LogP contribution >= 0.6 is 11.8 Å². The van der Waals surface area contributed by atoms with Crippen molar-refractivity contribution >= 4 is 11.8 Å². The van der Waals surface area contributed by atoms with Crippen molar-refractivity contribution in [3.8, 4) is 0 Å². The first kappa shape index (κ1) is 11.0. The largest absolute Gasteiger partial charge is 0.305 e. The third-order valence-corrected chi connectivity index (χ3v) is 4.30. The fourth-order valence-corrected chi connectivity index (χ4v) is 3.20. The molecule has 15 heavy (non-hydrogen) atoms. The van der Waals surface area contributed by atoms with Crippen LogP contribution in [0.2, 0.25) is 0 Å². The van der Waals surface area contributed by atoms with E-state index in [9.17, 15) is 0 Å². The maximum Gasteiger partial charge on any atom is 0.0570 e. The van der Waals surface area contributed by atoms with E-state index >= 15 is 0 Å². The molecule has 2 heterocycles. The van der Waals surface area contributed by atoms with Crippen LogP contribution in [0.25, 0.3) is 0 Å². The highest BCUT2D eigenvalue weighted by Crippen LogP contribution is 2.27. The van der Waals surface area contributed by atoms with Gasteiger partial charge in [-0.25, -0.2) is 0 Å². The van der Waals surface area contributed by atoms with E-state index in [-0.39, 0.29) is 0 Å². The van der Waals surface area contributed by atoms with Crippen molar-refractivity contribution in [1.29, 1.82) is 0 Å². The topological polar surface area (TPSA) is 24.9 Å². The summed E-state index contributed by atoms with van der Waals surface area (Å²) >= 11 is 2.06. The molecule has 1 aromatic heterocycles. The minimum atomic E-state index is 0.359. The highest BCUT2D eigenvalue weighted by atomic mass is 32.2. The lowest BCUT2D eigenvalue weighted by Crippen LogP contribution is -2.35. The second kappa shape index (κ2) is 4.99. The molecule has 82 valence electrons. The van der Waals surface area contributed by atoms with Crippen molar-refractivity contribution in [2.24, 2.45) is 0 Å². The summed E-state index contributed by atoms with van der Waals surface area (Å²) in [4.78, 5) is 4.38. The van der Waals surface area contributed by atoms with Crippen LogP contribution in [0.5, 0.6) is 0 Å². The van der Waals surface area contributed by atoms with E-state index in [0.29, 0.717) is 12.1 Å². The first-order valence-corrected chi connectivity index (χ1v) is 6.61. The molecule has 0 bridgehead atoms. The molecule has 1 fully saturated rings. The van der Waals surface area contributed by atoms with Crippen LogP contribution in [0.3, 0.4) is 0 Å². The van der Waals surface area contributed by atoms with Crippen molar-refractivity contribution in [3.05, 3.63) is 30.1 Å². The lowest BCUT2D eigenvalue weighted by atomic mass is 10.1. The highest BCUT2D eigenvalue weighted by Gasteiger charge is 2.25. The fourth-order valence-electron chi connectivity index (χ4n) is 1.99. The quantitative estimate of drug-likeness (QED) is 0.851. The molecule has 0 amide bonds. The van der Waals surface area contributed by atoms with Crippen LogP contribution in [-0.4, -0.2) is 22.0 Å². The maximum absolute atomic E-state index is 4.38. The lowest BCUT2D eigenvalue weighted by molar-refractivity contribution is 0.448. The molecular weight excluding hydrogens is 204 g/mol. The average Bonchev–Trinajstić information content (AvgIpc) is 2.66. The Bertz CT molecular complexity index is 302. The van der Waals surface area contributed by atoms with Gasteiger partial charge < -0.3 is 5.32 Å². The van der Waals surface area contributed by atoms with Gasteiger partial charge in [0.2, 0.25) is 0 Å². The van der Waals surface area contributed by atoms with Gasteiger partial charge in [0.15, 0.2) is 0 Å². The summed E-state index contributed by atoms with van der Waals surface area (Å²) in [5, 5.41) is 4.39. The SMILES string of the molecule is CC1SCCC1N[C@H](C)c1ccccn1. The van der Waals surface area contributed by atoms with Crippen LogP contribution in [0.1, 0.15) is 32.0 Å². The minimum absolute atomic E-state index is 0.359. The van der Waals surface area contributed by atoms with Gasteiger partial charge in [0.05, 0.1) is 5.69 Å². The number of nitrogens with zero attached hydrogens (tertiary/aromatic N) is 1. The van der Waals surface area contributed by atoms with Crippen molar-refractivity contribution < 1.29 is 0 Å². The number of nitrogens with one attached hydrogen (secondary N) is 1. The number of aromatic nitrogens is 1. The summed E-state index contributed by atoms with van der Waals surface area (Å²) in [5.74, 6) is 1.29. The van der Waals surface area contributed by atoms with Gasteiger partial charge >= 0.3 is 0 Å². The van der Waals surface area contributed by atoms with Gasteiger partial charge in [-0.3, -0.25) is 4.98 Å². The van der Waals surface area contributed by atoms with Gasteiger partial charge in [-0.15, -0.1) is 0 Å². The van der Waals surface area contributed by atoms with Crippen molar-refractivity contribution in [3.63, 3.8) is 0 Å². The third kappa shape index (κ3) is 2.73. The van der Waals surface area contributed by atoms with Gasteiger partial charge in [-0.05, 0) is 31.2 Å². The zero-order chi connectivity index (χ0) is 10.7. The van der Waals surface area contributed by atoms with E-state index in [1.165, 1.54) is 12.2 Å². The van der Waals surface area contributed by atoms with Crippen LogP contribution in [0.4, 0.5) is 0 Å². The molecule has 1 saturated heterocycles. The van der Waals surface area contributed by atoms with Gasteiger partial charge in [-0.1, -0.05) is 13.0 Å². The van der Waals surface area contributed by atoms with E-state index < -0.39 is 0 Å². The molecule has 2 unspecified atom stereocenters. The van der Waals surface area contributed by atoms with E-state index in [1.807, 2.05) is 18.3 Å². The summed E-state index contributed by atoms with van der Waals surface area (Å²) < 4.78 is 0. The molecule has 0 aromatic carbocycles. The zero-order valence-electron chi connectivity index (χ0n) is 9.31. The standard InChI is InChI=1S/C12H18N2S/c1-9(11-5-3-4-7-13-11)14-12-6-8-15-10(12)2/h3-5,7,9-10,12,14H,6,8H2,1-2H3/t9-,10?,12?/m1/s1. The molecular formula is C12H18N2S. The summed E-state index contributed by atoms with van der Waals surface area (Å²) in [6.07, 6.45) is 3.14. The monoisotopic (exact) mass is 222 g/mol. The molecule has 2 rings (SSSR count). The first-order valence-electron chi connectivity index (χ1n) is 5.56. The summed E-state index contributed by atoms with van der Waals surface area (Å²) in [7, 11) is 0. The van der Waals surface area contributed by atoms with E-state index in [4.69, 9.17) is 0 Å². The second-order valence-electron chi connectivity index (χ2n) is 4.11. The predicted octanol–water partition coefficient (Wildman–Crippen LogP) is 2.63. The number of pyridine rings is 1. The van der Waals surface area contributed by atoms with Crippen LogP contribution in [0, 0.1) is 0 Å². The fraction of sp³-hybridized carbons (Fsp3) is 0.583. The molecule has 0 saturated carbocycles. The lowest BCUT2D eigenvalue weighted by Gasteiger charge is -2.21. The molecule has 3 heteroatoms. The van der Waals surface area contributed by atoms with Gasteiger partial charge in [-0.2, -0.15) is 11.8 Å². The molecule has 0 spiro atoms. The Morgan fingerprint density at radius 1 is 1.53 bits per heavy atom. The van der Waals surface area contributed by atoms with Gasteiger partial charge in [0.1, 0.15) is 0 Å². The summed E-state index contributed by atoms with van der Waals surface area (Å²) in [6, 6.07) is 7.10. The summed E-state index contributed by atoms with van der Waals surface area (Å²) in [6.45, 7) is 4.50. The molecule has 1 N–H and O–H groups in total. The van der Waals surface area contributed by atoms with Crippen molar-refractivity contribution in [2.45, 2.75) is 37.6 Å². The highest BCUT2D eigenvalue weighted by molar-refractivity contribution is 8.00. The van der Waals surface area contributed by atoms with Crippen LogP contribution < -0.4 is 5.32 Å². The van der Waals surface area contributed by atoms with Crippen LogP contribution in [-0.2, 0) is 0 Å². The van der Waals surface area contributed by atoms with E-state index in [0.717, 1.165) is 10.9 Å².